The normalized spacial score (nSPS) is 20.3. The Balaban J connectivity index is 1.79. The second kappa shape index (κ2) is 8.37. The predicted octanol–water partition coefficient (Wildman–Crippen LogP) is 3.23. The molecule has 1 fully saturated rings. The zero-order valence-corrected chi connectivity index (χ0v) is 16.7. The summed E-state index contributed by atoms with van der Waals surface area (Å²) in [7, 11) is -3.55. The fourth-order valence-corrected chi connectivity index (χ4v) is 5.82. The van der Waals surface area contributed by atoms with Crippen molar-refractivity contribution in [1.82, 2.24) is 9.71 Å². The molecule has 3 rings (SSSR count). The summed E-state index contributed by atoms with van der Waals surface area (Å²) < 4.78 is 32.6. The highest BCUT2D eigenvalue weighted by atomic mass is 32.2. The average molecular weight is 410 g/mol. The number of carbonyl (C=O) groups is 1. The predicted molar refractivity (Wildman–Crippen MR) is 104 cm³/mol. The molecule has 0 spiro atoms. The van der Waals surface area contributed by atoms with Crippen LogP contribution >= 0.6 is 11.3 Å². The molecule has 1 aliphatic carbocycles. The summed E-state index contributed by atoms with van der Waals surface area (Å²) in [6, 6.07) is 6.96. The highest BCUT2D eigenvalue weighted by molar-refractivity contribution is 7.89. The third kappa shape index (κ3) is 4.66. The lowest BCUT2D eigenvalue weighted by Crippen LogP contribution is -2.26. The molecule has 1 heterocycles. The number of nitrogens with zero attached hydrogens (tertiary/aromatic N) is 1. The molecule has 1 aromatic heterocycles. The first-order valence-corrected chi connectivity index (χ1v) is 11.2. The fraction of sp³-hybridized carbons (Fsp3) is 0.444. The van der Waals surface area contributed by atoms with Crippen molar-refractivity contribution in [2.45, 2.75) is 49.5 Å². The number of hydrogen-bond donors (Lipinski definition) is 2. The molecule has 7 nitrogen and oxygen atoms in total. The summed E-state index contributed by atoms with van der Waals surface area (Å²) >= 11 is 1.52. The Morgan fingerprint density at radius 1 is 1.30 bits per heavy atom. The van der Waals surface area contributed by atoms with E-state index in [1.54, 1.807) is 31.3 Å². The zero-order chi connectivity index (χ0) is 19.4. The van der Waals surface area contributed by atoms with Gasteiger partial charge in [-0.05, 0) is 31.7 Å². The van der Waals surface area contributed by atoms with Crippen LogP contribution in [0.4, 0.5) is 4.79 Å². The summed E-state index contributed by atoms with van der Waals surface area (Å²) in [6.45, 7) is 2.09. The number of thiazole rings is 1. The van der Waals surface area contributed by atoms with Crippen molar-refractivity contribution in [1.29, 1.82) is 0 Å². The molecular weight excluding hydrogens is 386 g/mol. The minimum Gasteiger partial charge on any atom is -0.446 e. The fourth-order valence-electron chi connectivity index (χ4n) is 3.37. The lowest BCUT2D eigenvalue weighted by Gasteiger charge is -2.26. The molecule has 0 radical (unpaired) electrons. The van der Waals surface area contributed by atoms with Crippen molar-refractivity contribution >= 4 is 27.5 Å². The van der Waals surface area contributed by atoms with Gasteiger partial charge in [0.2, 0.25) is 10.0 Å². The molecule has 0 saturated heterocycles. The summed E-state index contributed by atoms with van der Waals surface area (Å²) in [6.07, 6.45) is 4.14. The number of sulfonamides is 1. The summed E-state index contributed by atoms with van der Waals surface area (Å²) in [5.74, 6) is 0.286. The van der Waals surface area contributed by atoms with E-state index >= 15 is 0 Å². The van der Waals surface area contributed by atoms with Gasteiger partial charge in [-0.3, -0.25) is 0 Å². The number of amides is 1. The van der Waals surface area contributed by atoms with E-state index in [1.165, 1.54) is 11.3 Å². The van der Waals surface area contributed by atoms with E-state index < -0.39 is 16.1 Å². The number of benzene rings is 1. The molecule has 0 atom stereocenters. The largest absolute Gasteiger partial charge is 0.446 e. The van der Waals surface area contributed by atoms with Crippen LogP contribution in [0, 0.1) is 0 Å². The van der Waals surface area contributed by atoms with Gasteiger partial charge in [0.15, 0.2) is 0 Å². The van der Waals surface area contributed by atoms with Crippen molar-refractivity contribution in [3.63, 3.8) is 0 Å². The Kier molecular flexibility index (Phi) is 6.13. The molecule has 3 N–H and O–H groups in total. The number of rotatable bonds is 6. The van der Waals surface area contributed by atoms with Crippen molar-refractivity contribution in [2.75, 3.05) is 6.54 Å². The van der Waals surface area contributed by atoms with Crippen molar-refractivity contribution in [3.05, 3.63) is 35.5 Å². The molecule has 0 aliphatic heterocycles. The molecule has 1 aromatic carbocycles. The number of primary amides is 1. The smallest absolute Gasteiger partial charge is 0.404 e. The first kappa shape index (κ1) is 19.8. The first-order valence-electron chi connectivity index (χ1n) is 8.91. The van der Waals surface area contributed by atoms with E-state index in [0.717, 1.165) is 35.6 Å². The molecule has 0 bridgehead atoms. The molecule has 9 heteroatoms. The second-order valence-corrected chi connectivity index (χ2v) is 9.27. The van der Waals surface area contributed by atoms with Crippen LogP contribution < -0.4 is 10.5 Å². The van der Waals surface area contributed by atoms with Gasteiger partial charge in [0.1, 0.15) is 6.10 Å². The second-order valence-electron chi connectivity index (χ2n) is 6.47. The topological polar surface area (TPSA) is 111 Å². The van der Waals surface area contributed by atoms with Crippen LogP contribution in [0.25, 0.3) is 10.4 Å². The summed E-state index contributed by atoms with van der Waals surface area (Å²) in [5.41, 5.74) is 5.74. The molecule has 2 aromatic rings. The van der Waals surface area contributed by atoms with Crippen LogP contribution in [0.3, 0.4) is 0 Å². The van der Waals surface area contributed by atoms with Gasteiger partial charge in [0, 0.05) is 24.2 Å². The van der Waals surface area contributed by atoms with Gasteiger partial charge in [-0.25, -0.2) is 22.9 Å². The molecule has 1 aliphatic rings. The molecule has 27 heavy (non-hydrogen) atoms. The highest BCUT2D eigenvalue weighted by Gasteiger charge is 2.27. The standard InChI is InChI=1S/C18H23N3O4S2/c1-2-21-27(23,24)16-6-4-3-5-14(16)15-11-20-17(26-15)12-7-9-13(10-8-12)25-18(19)22/h3-6,11-13,21H,2,7-10H2,1H3,(H2,19,22). The summed E-state index contributed by atoms with van der Waals surface area (Å²) in [5, 5.41) is 0.984. The van der Waals surface area contributed by atoms with Crippen LogP contribution in [0.2, 0.25) is 0 Å². The van der Waals surface area contributed by atoms with Crippen LogP contribution in [0.5, 0.6) is 0 Å². The Bertz CT molecular complexity index is 903. The number of aromatic nitrogens is 1. The van der Waals surface area contributed by atoms with Gasteiger partial charge in [-0.1, -0.05) is 25.1 Å². The maximum atomic E-state index is 12.5. The van der Waals surface area contributed by atoms with Crippen LogP contribution in [0.1, 0.15) is 43.5 Å². The Hall–Kier alpha value is -1.97. The lowest BCUT2D eigenvalue weighted by molar-refractivity contribution is 0.0787. The number of nitrogens with two attached hydrogens (primary N) is 1. The van der Waals surface area contributed by atoms with E-state index in [2.05, 4.69) is 9.71 Å². The van der Waals surface area contributed by atoms with Gasteiger partial charge in [0.05, 0.1) is 14.8 Å². The van der Waals surface area contributed by atoms with Crippen molar-refractivity contribution < 1.29 is 17.9 Å². The van der Waals surface area contributed by atoms with E-state index in [4.69, 9.17) is 10.5 Å². The van der Waals surface area contributed by atoms with E-state index in [9.17, 15) is 13.2 Å². The zero-order valence-electron chi connectivity index (χ0n) is 15.1. The summed E-state index contributed by atoms with van der Waals surface area (Å²) in [4.78, 5) is 16.5. The lowest BCUT2D eigenvalue weighted by atomic mass is 9.88. The molecule has 146 valence electrons. The third-order valence-electron chi connectivity index (χ3n) is 4.61. The molecule has 0 unspecified atom stereocenters. The van der Waals surface area contributed by atoms with Gasteiger partial charge < -0.3 is 10.5 Å². The molecule has 1 amide bonds. The van der Waals surface area contributed by atoms with Gasteiger partial charge in [-0.2, -0.15) is 0 Å². The van der Waals surface area contributed by atoms with E-state index in [1.807, 2.05) is 6.07 Å². The van der Waals surface area contributed by atoms with Crippen LogP contribution in [0.15, 0.2) is 35.4 Å². The van der Waals surface area contributed by atoms with Crippen LogP contribution in [-0.2, 0) is 14.8 Å². The maximum Gasteiger partial charge on any atom is 0.404 e. The van der Waals surface area contributed by atoms with Gasteiger partial charge >= 0.3 is 6.09 Å². The van der Waals surface area contributed by atoms with E-state index in [-0.39, 0.29) is 16.9 Å². The number of carbonyl (C=O) groups excluding carboxylic acids is 1. The van der Waals surface area contributed by atoms with E-state index in [0.29, 0.717) is 12.1 Å². The Morgan fingerprint density at radius 3 is 2.67 bits per heavy atom. The quantitative estimate of drug-likeness (QED) is 0.761. The maximum absolute atomic E-state index is 12.5. The number of ether oxygens (including phenoxy) is 1. The SMILES string of the molecule is CCNS(=O)(=O)c1ccccc1-c1cnc(C2CCC(OC(N)=O)CC2)s1. The third-order valence-corrected chi connectivity index (χ3v) is 7.40. The molecular formula is C18H23N3O4S2. The Morgan fingerprint density at radius 2 is 2.00 bits per heavy atom. The molecule has 1 saturated carbocycles. The first-order chi connectivity index (χ1) is 12.9. The van der Waals surface area contributed by atoms with Crippen molar-refractivity contribution in [3.8, 4) is 10.4 Å². The van der Waals surface area contributed by atoms with Crippen molar-refractivity contribution in [2.24, 2.45) is 5.73 Å². The Labute approximate surface area is 163 Å². The minimum absolute atomic E-state index is 0.121. The van der Waals surface area contributed by atoms with Gasteiger partial charge in [-0.15, -0.1) is 11.3 Å². The minimum atomic E-state index is -3.55. The van der Waals surface area contributed by atoms with Gasteiger partial charge in [0.25, 0.3) is 0 Å². The number of nitrogens with one attached hydrogen (secondary N) is 1. The monoisotopic (exact) mass is 409 g/mol. The van der Waals surface area contributed by atoms with Crippen LogP contribution in [-0.4, -0.2) is 32.1 Å². The number of hydrogen-bond acceptors (Lipinski definition) is 6. The highest BCUT2D eigenvalue weighted by Crippen LogP contribution is 2.39. The average Bonchev–Trinajstić information content (AvgIpc) is 3.12.